The average Bonchev–Trinajstić information content (AvgIpc) is 2.64. The molecule has 0 saturated heterocycles. The highest BCUT2D eigenvalue weighted by atomic mass is 16.5. The van der Waals surface area contributed by atoms with Gasteiger partial charge in [-0.15, -0.1) is 0 Å². The van der Waals surface area contributed by atoms with Crippen LogP contribution in [0.1, 0.15) is 17.2 Å². The van der Waals surface area contributed by atoms with Gasteiger partial charge in [0, 0.05) is 17.3 Å². The highest BCUT2D eigenvalue weighted by Crippen LogP contribution is 2.31. The maximum Gasteiger partial charge on any atom is 0.128 e. The highest BCUT2D eigenvalue weighted by Gasteiger charge is 2.19. The van der Waals surface area contributed by atoms with Crippen LogP contribution < -0.4 is 19.9 Å². The van der Waals surface area contributed by atoms with Crippen LogP contribution in [0.3, 0.4) is 0 Å². The average molecular weight is 341 g/mol. The second-order valence-electron chi connectivity index (χ2n) is 5.06. The Balaban J connectivity index is 2.35. The van der Waals surface area contributed by atoms with Gasteiger partial charge in [0.05, 0.1) is 37.4 Å². The number of methoxy groups -OCH3 is 1. The number of nitrogens with one attached hydrogen (secondary N) is 1. The molecule has 0 saturated carbocycles. The first-order chi connectivity index (χ1) is 12.1. The molecule has 0 aliphatic carbocycles. The van der Waals surface area contributed by atoms with Crippen LogP contribution in [-0.4, -0.2) is 31.4 Å². The van der Waals surface area contributed by atoms with E-state index in [0.717, 1.165) is 0 Å². The molecule has 2 N–H and O–H groups in total. The Morgan fingerprint density at radius 2 is 2.04 bits per heavy atom. The lowest BCUT2D eigenvalue weighted by atomic mass is 10.0. The number of anilines is 1. The van der Waals surface area contributed by atoms with Crippen LogP contribution in [0.5, 0.6) is 11.5 Å². The summed E-state index contributed by atoms with van der Waals surface area (Å²) in [6.45, 7) is -0.202. The van der Waals surface area contributed by atoms with Crippen molar-refractivity contribution in [3.05, 3.63) is 53.6 Å². The third-order valence-corrected chi connectivity index (χ3v) is 3.44. The number of hydrogen-bond acceptors (Lipinski definition) is 7. The summed E-state index contributed by atoms with van der Waals surface area (Å²) in [5.41, 5.74) is 1.31. The van der Waals surface area contributed by atoms with E-state index in [1.807, 2.05) is 6.07 Å². The molecular weight excluding hydrogens is 324 g/mol. The van der Waals surface area contributed by atoms with Crippen LogP contribution in [-0.2, 0) is 4.79 Å². The van der Waals surface area contributed by atoms with Crippen molar-refractivity contribution in [2.24, 2.45) is 0 Å². The quantitative estimate of drug-likeness (QED) is 0.731. The molecule has 25 heavy (non-hydrogen) atoms. The van der Waals surface area contributed by atoms with Gasteiger partial charge in [0.25, 0.3) is 0 Å². The number of carboxylic acid groups (broad SMARTS) is 1. The molecule has 130 valence electrons. The number of aliphatic hydroxyl groups excluding tert-OH is 1. The molecule has 0 bridgehead atoms. The summed E-state index contributed by atoms with van der Waals surface area (Å²) >= 11 is 0. The van der Waals surface area contributed by atoms with Gasteiger partial charge in [0.1, 0.15) is 18.1 Å². The van der Waals surface area contributed by atoms with Gasteiger partial charge in [-0.25, -0.2) is 0 Å². The number of benzene rings is 2. The normalized spacial score (nSPS) is 11.2. The van der Waals surface area contributed by atoms with Crippen LogP contribution in [0.4, 0.5) is 5.69 Å². The summed E-state index contributed by atoms with van der Waals surface area (Å²) in [5.74, 6) is -0.584. The van der Waals surface area contributed by atoms with Gasteiger partial charge in [0.2, 0.25) is 0 Å². The van der Waals surface area contributed by atoms with E-state index in [-0.39, 0.29) is 19.0 Å². The molecule has 0 aromatic heterocycles. The minimum atomic E-state index is -1.34. The zero-order valence-electron chi connectivity index (χ0n) is 13.6. The number of hydrogen-bond donors (Lipinski definition) is 2. The van der Waals surface area contributed by atoms with Crippen LogP contribution in [0.2, 0.25) is 0 Å². The van der Waals surface area contributed by atoms with Crippen molar-refractivity contribution in [2.75, 3.05) is 25.6 Å². The van der Waals surface area contributed by atoms with E-state index in [0.29, 0.717) is 22.6 Å². The molecule has 0 spiro atoms. The van der Waals surface area contributed by atoms with Crippen molar-refractivity contribution in [1.82, 2.24) is 0 Å². The summed E-state index contributed by atoms with van der Waals surface area (Å²) in [4.78, 5) is 11.6. The fourth-order valence-electron chi connectivity index (χ4n) is 2.23. The second kappa shape index (κ2) is 8.57. The molecular formula is C18H17N2O5-. The standard InChI is InChI=1S/C18H18N2O5/c1-24-14-6-7-15(16(10-14)25-9-8-21)17(18(22)23)20-13-4-2-12(11-19)3-5-13/h2-7,10,17,20-21H,8-9H2,1H3,(H,22,23)/p-1. The number of nitrogens with zero attached hydrogens (tertiary/aromatic N) is 1. The Labute approximate surface area is 145 Å². The molecule has 2 aromatic rings. The zero-order valence-corrected chi connectivity index (χ0v) is 13.6. The van der Waals surface area contributed by atoms with Gasteiger partial charge < -0.3 is 29.8 Å². The summed E-state index contributed by atoms with van der Waals surface area (Å²) in [6, 6.07) is 11.9. The van der Waals surface area contributed by atoms with Gasteiger partial charge in [-0.2, -0.15) is 5.26 Å². The molecule has 7 nitrogen and oxygen atoms in total. The molecule has 0 heterocycles. The van der Waals surface area contributed by atoms with Gasteiger partial charge >= 0.3 is 0 Å². The van der Waals surface area contributed by atoms with E-state index in [4.69, 9.17) is 19.8 Å². The Bertz CT molecular complexity index is 768. The first-order valence-corrected chi connectivity index (χ1v) is 7.48. The van der Waals surface area contributed by atoms with E-state index in [1.54, 1.807) is 42.5 Å². The number of nitriles is 1. The summed E-state index contributed by atoms with van der Waals surface area (Å²) in [5, 5.41) is 32.3. The number of carbonyl (C=O) groups excluding carboxylic acids is 1. The van der Waals surface area contributed by atoms with Crippen molar-refractivity contribution >= 4 is 11.7 Å². The molecule has 0 aliphatic rings. The number of carbonyl (C=O) groups is 1. The molecule has 1 atom stereocenters. The first-order valence-electron chi connectivity index (χ1n) is 7.48. The van der Waals surface area contributed by atoms with Crippen LogP contribution in [0.25, 0.3) is 0 Å². The number of rotatable bonds is 8. The molecule has 1 unspecified atom stereocenters. The fraction of sp³-hybridized carbons (Fsp3) is 0.222. The zero-order chi connectivity index (χ0) is 18.2. The van der Waals surface area contributed by atoms with Gasteiger partial charge in [-0.1, -0.05) is 0 Å². The number of aliphatic hydroxyl groups is 1. The molecule has 2 rings (SSSR count). The van der Waals surface area contributed by atoms with E-state index in [9.17, 15) is 9.90 Å². The molecule has 2 aromatic carbocycles. The number of carboxylic acids is 1. The highest BCUT2D eigenvalue weighted by molar-refractivity contribution is 5.79. The lowest BCUT2D eigenvalue weighted by molar-refractivity contribution is -0.307. The minimum Gasteiger partial charge on any atom is -0.548 e. The number of ether oxygens (including phenoxy) is 2. The monoisotopic (exact) mass is 341 g/mol. The maximum atomic E-state index is 11.6. The lowest BCUT2D eigenvalue weighted by Gasteiger charge is -2.24. The van der Waals surface area contributed by atoms with Gasteiger partial charge in [-0.3, -0.25) is 0 Å². The summed E-state index contributed by atoms with van der Waals surface area (Å²) < 4.78 is 10.5. The fourth-order valence-corrected chi connectivity index (χ4v) is 2.23. The Morgan fingerprint density at radius 3 is 2.60 bits per heavy atom. The predicted octanol–water partition coefficient (Wildman–Crippen LogP) is 0.841. The maximum absolute atomic E-state index is 11.6. The lowest BCUT2D eigenvalue weighted by Crippen LogP contribution is -2.34. The molecule has 0 fully saturated rings. The van der Waals surface area contributed by atoms with Crippen molar-refractivity contribution in [3.63, 3.8) is 0 Å². The SMILES string of the molecule is COc1ccc(C(Nc2ccc(C#N)cc2)C(=O)[O-])c(OCCO)c1. The Morgan fingerprint density at radius 1 is 1.32 bits per heavy atom. The smallest absolute Gasteiger partial charge is 0.128 e. The second-order valence-corrected chi connectivity index (χ2v) is 5.06. The van der Waals surface area contributed by atoms with Gasteiger partial charge in [0.15, 0.2) is 0 Å². The molecule has 0 amide bonds. The number of aliphatic carboxylic acids is 1. The third-order valence-electron chi connectivity index (χ3n) is 3.44. The van der Waals surface area contributed by atoms with E-state index in [1.165, 1.54) is 7.11 Å². The minimum absolute atomic E-state index is 0.0107. The summed E-state index contributed by atoms with van der Waals surface area (Å²) in [6.07, 6.45) is 0. The van der Waals surface area contributed by atoms with Crippen molar-refractivity contribution < 1.29 is 24.5 Å². The third kappa shape index (κ3) is 4.62. The predicted molar refractivity (Wildman–Crippen MR) is 88.1 cm³/mol. The Hall–Kier alpha value is -3.24. The van der Waals surface area contributed by atoms with E-state index < -0.39 is 12.0 Å². The molecule has 0 aliphatic heterocycles. The molecule has 0 radical (unpaired) electrons. The summed E-state index contributed by atoms with van der Waals surface area (Å²) in [7, 11) is 1.48. The van der Waals surface area contributed by atoms with Crippen molar-refractivity contribution in [3.8, 4) is 17.6 Å². The first kappa shape index (κ1) is 18.1. The molecule has 7 heteroatoms. The van der Waals surface area contributed by atoms with Crippen molar-refractivity contribution in [2.45, 2.75) is 6.04 Å². The Kier molecular flexibility index (Phi) is 6.20. The largest absolute Gasteiger partial charge is 0.548 e. The van der Waals surface area contributed by atoms with E-state index in [2.05, 4.69) is 5.32 Å². The van der Waals surface area contributed by atoms with Crippen LogP contribution >= 0.6 is 0 Å². The van der Waals surface area contributed by atoms with Gasteiger partial charge in [-0.05, 0) is 36.4 Å². The van der Waals surface area contributed by atoms with Crippen LogP contribution in [0, 0.1) is 11.3 Å². The van der Waals surface area contributed by atoms with E-state index >= 15 is 0 Å². The van der Waals surface area contributed by atoms with Crippen LogP contribution in [0.15, 0.2) is 42.5 Å². The topological polar surface area (TPSA) is 115 Å². The van der Waals surface area contributed by atoms with Crippen molar-refractivity contribution in [1.29, 1.82) is 5.26 Å².